The standard InChI is InChI=1S/C12H11ClF4O2/c1-11(2,6-13)10(18)7-3-4-9(8(14)5-7)19-12(15,16)17/h3-5H,6H2,1-2H3. The summed E-state index contributed by atoms with van der Waals surface area (Å²) in [6.45, 7) is 3.11. The van der Waals surface area contributed by atoms with Crippen LogP contribution in [0.3, 0.4) is 0 Å². The van der Waals surface area contributed by atoms with E-state index in [0.29, 0.717) is 6.07 Å². The van der Waals surface area contributed by atoms with Crippen LogP contribution in [-0.2, 0) is 0 Å². The molecule has 2 nitrogen and oxygen atoms in total. The second-order valence-corrected chi connectivity index (χ2v) is 4.81. The molecule has 0 heterocycles. The van der Waals surface area contributed by atoms with Gasteiger partial charge in [0, 0.05) is 16.9 Å². The van der Waals surface area contributed by atoms with Gasteiger partial charge in [0.1, 0.15) is 0 Å². The van der Waals surface area contributed by atoms with Crippen molar-refractivity contribution in [2.75, 3.05) is 5.88 Å². The summed E-state index contributed by atoms with van der Waals surface area (Å²) in [5.74, 6) is -2.69. The fourth-order valence-electron chi connectivity index (χ4n) is 1.30. The zero-order valence-corrected chi connectivity index (χ0v) is 10.9. The lowest BCUT2D eigenvalue weighted by Crippen LogP contribution is -2.26. The molecule has 0 saturated carbocycles. The van der Waals surface area contributed by atoms with Gasteiger partial charge in [-0.3, -0.25) is 4.79 Å². The van der Waals surface area contributed by atoms with E-state index in [9.17, 15) is 22.4 Å². The Labute approximate surface area is 112 Å². The fraction of sp³-hybridized carbons (Fsp3) is 0.417. The van der Waals surface area contributed by atoms with Gasteiger partial charge in [0.2, 0.25) is 0 Å². The monoisotopic (exact) mass is 298 g/mol. The number of ketones is 1. The molecule has 0 aliphatic heterocycles. The Morgan fingerprint density at radius 3 is 2.32 bits per heavy atom. The lowest BCUT2D eigenvalue weighted by atomic mass is 9.86. The normalized spacial score (nSPS) is 12.4. The molecule has 106 valence electrons. The van der Waals surface area contributed by atoms with E-state index in [1.807, 2.05) is 0 Å². The molecule has 1 aromatic carbocycles. The van der Waals surface area contributed by atoms with Crippen molar-refractivity contribution in [3.63, 3.8) is 0 Å². The molecule has 7 heteroatoms. The van der Waals surface area contributed by atoms with Gasteiger partial charge in [-0.15, -0.1) is 24.8 Å². The molecule has 0 unspecified atom stereocenters. The average molecular weight is 299 g/mol. The Morgan fingerprint density at radius 1 is 1.32 bits per heavy atom. The number of benzene rings is 1. The number of carbonyl (C=O) groups is 1. The molecule has 0 N–H and O–H groups in total. The highest BCUT2D eigenvalue weighted by Gasteiger charge is 2.33. The van der Waals surface area contributed by atoms with Crippen LogP contribution in [0.25, 0.3) is 0 Å². The maximum atomic E-state index is 13.4. The predicted molar refractivity (Wildman–Crippen MR) is 61.9 cm³/mol. The molecule has 0 aliphatic carbocycles. The molecule has 1 rings (SSSR count). The second kappa shape index (κ2) is 5.36. The van der Waals surface area contributed by atoms with Crippen molar-refractivity contribution in [3.8, 4) is 5.75 Å². The highest BCUT2D eigenvalue weighted by Crippen LogP contribution is 2.29. The third kappa shape index (κ3) is 4.09. The molecule has 0 fully saturated rings. The number of halogens is 5. The molecule has 0 amide bonds. The van der Waals surface area contributed by atoms with Crippen molar-refractivity contribution in [1.29, 1.82) is 0 Å². The number of hydrogen-bond donors (Lipinski definition) is 0. The summed E-state index contributed by atoms with van der Waals surface area (Å²) >= 11 is 5.61. The SMILES string of the molecule is CC(C)(CCl)C(=O)c1ccc(OC(F)(F)F)c(F)c1. The molecule has 0 aromatic heterocycles. The minimum Gasteiger partial charge on any atom is -0.403 e. The van der Waals surface area contributed by atoms with Crippen molar-refractivity contribution in [2.24, 2.45) is 5.41 Å². The highest BCUT2D eigenvalue weighted by molar-refractivity contribution is 6.21. The maximum absolute atomic E-state index is 13.4. The first-order chi connectivity index (χ1) is 8.57. The van der Waals surface area contributed by atoms with E-state index in [0.717, 1.165) is 12.1 Å². The number of rotatable bonds is 4. The highest BCUT2D eigenvalue weighted by atomic mass is 35.5. The van der Waals surface area contributed by atoms with Gasteiger partial charge in [-0.25, -0.2) is 4.39 Å². The van der Waals surface area contributed by atoms with Gasteiger partial charge in [-0.2, -0.15) is 0 Å². The lowest BCUT2D eigenvalue weighted by Gasteiger charge is -2.20. The van der Waals surface area contributed by atoms with Gasteiger partial charge in [0.05, 0.1) is 0 Å². The van der Waals surface area contributed by atoms with Gasteiger partial charge >= 0.3 is 6.36 Å². The smallest absolute Gasteiger partial charge is 0.403 e. The Bertz CT molecular complexity index is 483. The minimum absolute atomic E-state index is 0.00819. The molecule has 0 atom stereocenters. The Kier molecular flexibility index (Phi) is 4.45. The molecule has 0 saturated heterocycles. The van der Waals surface area contributed by atoms with Gasteiger partial charge < -0.3 is 4.74 Å². The fourth-order valence-corrected chi connectivity index (χ4v) is 1.42. The first-order valence-electron chi connectivity index (χ1n) is 5.23. The molecule has 0 bridgehead atoms. The number of alkyl halides is 4. The number of carbonyl (C=O) groups excluding carboxylic acids is 1. The van der Waals surface area contributed by atoms with Crippen molar-refractivity contribution >= 4 is 17.4 Å². The van der Waals surface area contributed by atoms with E-state index in [2.05, 4.69) is 4.74 Å². The van der Waals surface area contributed by atoms with Gasteiger partial charge in [-0.05, 0) is 18.2 Å². The summed E-state index contributed by atoms with van der Waals surface area (Å²) in [5.41, 5.74) is -0.988. The van der Waals surface area contributed by atoms with Crippen LogP contribution in [0.15, 0.2) is 18.2 Å². The van der Waals surface area contributed by atoms with Crippen molar-refractivity contribution in [1.82, 2.24) is 0 Å². The van der Waals surface area contributed by atoms with E-state index in [1.165, 1.54) is 0 Å². The molecule has 1 aromatic rings. The number of hydrogen-bond acceptors (Lipinski definition) is 2. The summed E-state index contributed by atoms with van der Waals surface area (Å²) < 4.78 is 52.7. The first-order valence-corrected chi connectivity index (χ1v) is 5.76. The van der Waals surface area contributed by atoms with Crippen molar-refractivity contribution in [3.05, 3.63) is 29.6 Å². The van der Waals surface area contributed by atoms with E-state index in [4.69, 9.17) is 11.6 Å². The van der Waals surface area contributed by atoms with Crippen molar-refractivity contribution in [2.45, 2.75) is 20.2 Å². The van der Waals surface area contributed by atoms with Crippen LogP contribution in [0, 0.1) is 11.2 Å². The average Bonchev–Trinajstić information content (AvgIpc) is 2.29. The van der Waals surface area contributed by atoms with Crippen molar-refractivity contribution < 1.29 is 27.1 Å². The molecular formula is C12H11ClF4O2. The topological polar surface area (TPSA) is 26.3 Å². The predicted octanol–water partition coefficient (Wildman–Crippen LogP) is 4.17. The molecular weight excluding hydrogens is 288 g/mol. The zero-order valence-electron chi connectivity index (χ0n) is 10.1. The van der Waals surface area contributed by atoms with E-state index in [-0.39, 0.29) is 11.4 Å². The van der Waals surface area contributed by atoms with Gasteiger partial charge in [-0.1, -0.05) is 13.8 Å². The first kappa shape index (κ1) is 15.8. The van der Waals surface area contributed by atoms with Crippen LogP contribution in [-0.4, -0.2) is 18.0 Å². The molecule has 0 spiro atoms. The van der Waals surface area contributed by atoms with Crippen LogP contribution in [0.5, 0.6) is 5.75 Å². The molecule has 0 aliphatic rings. The third-order valence-electron chi connectivity index (χ3n) is 2.37. The van der Waals surface area contributed by atoms with Gasteiger partial charge in [0.25, 0.3) is 0 Å². The van der Waals surface area contributed by atoms with E-state index in [1.54, 1.807) is 13.8 Å². The summed E-state index contributed by atoms with van der Waals surface area (Å²) in [7, 11) is 0. The summed E-state index contributed by atoms with van der Waals surface area (Å²) in [4.78, 5) is 11.9. The number of Topliss-reactive ketones (excluding diaryl/α,β-unsaturated/α-hetero) is 1. The van der Waals surface area contributed by atoms with Crippen LogP contribution in [0.1, 0.15) is 24.2 Å². The second-order valence-electron chi connectivity index (χ2n) is 4.54. The van der Waals surface area contributed by atoms with Crippen LogP contribution in [0.2, 0.25) is 0 Å². The largest absolute Gasteiger partial charge is 0.573 e. The number of ether oxygens (including phenoxy) is 1. The summed E-state index contributed by atoms with van der Waals surface area (Å²) in [6.07, 6.45) is -4.98. The van der Waals surface area contributed by atoms with E-state index < -0.39 is 29.1 Å². The Balaban J connectivity index is 3.04. The van der Waals surface area contributed by atoms with Crippen LogP contribution < -0.4 is 4.74 Å². The Hall–Kier alpha value is -1.30. The zero-order chi connectivity index (χ0) is 14.8. The Morgan fingerprint density at radius 2 is 1.89 bits per heavy atom. The molecule has 0 radical (unpaired) electrons. The van der Waals surface area contributed by atoms with E-state index >= 15 is 0 Å². The minimum atomic E-state index is -4.98. The quantitative estimate of drug-likeness (QED) is 0.474. The summed E-state index contributed by atoms with van der Waals surface area (Å²) in [5, 5.41) is 0. The third-order valence-corrected chi connectivity index (χ3v) is 3.04. The molecule has 19 heavy (non-hydrogen) atoms. The maximum Gasteiger partial charge on any atom is 0.573 e. The van der Waals surface area contributed by atoms with Gasteiger partial charge in [0.15, 0.2) is 17.3 Å². The lowest BCUT2D eigenvalue weighted by molar-refractivity contribution is -0.275. The van der Waals surface area contributed by atoms with Crippen LogP contribution in [0.4, 0.5) is 17.6 Å². The van der Waals surface area contributed by atoms with Crippen LogP contribution >= 0.6 is 11.6 Å². The summed E-state index contributed by atoms with van der Waals surface area (Å²) in [6, 6.07) is 2.54.